The summed E-state index contributed by atoms with van der Waals surface area (Å²) < 4.78 is 6.49. The Labute approximate surface area is 134 Å². The molecule has 1 aromatic carbocycles. The zero-order valence-electron chi connectivity index (χ0n) is 12.9. The van der Waals surface area contributed by atoms with Gasteiger partial charge in [0, 0.05) is 13.0 Å². The summed E-state index contributed by atoms with van der Waals surface area (Å²) in [5, 5.41) is 1.11. The maximum Gasteiger partial charge on any atom is 0.173 e. The lowest BCUT2D eigenvalue weighted by atomic mass is 9.76. The van der Waals surface area contributed by atoms with E-state index < -0.39 is 0 Å². The van der Waals surface area contributed by atoms with Gasteiger partial charge < -0.3 is 9.64 Å². The van der Waals surface area contributed by atoms with Crippen LogP contribution in [-0.2, 0) is 0 Å². The van der Waals surface area contributed by atoms with Crippen LogP contribution in [0.3, 0.4) is 0 Å². The fourth-order valence-electron chi connectivity index (χ4n) is 3.99. The van der Waals surface area contributed by atoms with E-state index in [4.69, 9.17) is 4.74 Å². The van der Waals surface area contributed by atoms with Crippen LogP contribution in [-0.4, -0.2) is 37.4 Å². The van der Waals surface area contributed by atoms with Crippen LogP contribution in [0.1, 0.15) is 28.9 Å². The average molecular weight is 315 g/mol. The van der Waals surface area contributed by atoms with Crippen LogP contribution < -0.4 is 4.74 Å². The maximum atomic E-state index is 12.7. The van der Waals surface area contributed by atoms with Crippen molar-refractivity contribution in [1.82, 2.24) is 4.90 Å². The van der Waals surface area contributed by atoms with Crippen LogP contribution in [0.2, 0.25) is 0 Å². The monoisotopic (exact) mass is 315 g/mol. The van der Waals surface area contributed by atoms with Gasteiger partial charge in [-0.15, -0.1) is 11.3 Å². The Hall–Kier alpha value is -1.39. The first kappa shape index (κ1) is 14.2. The number of rotatable bonds is 4. The molecule has 0 unspecified atom stereocenters. The number of hydrogen-bond donors (Lipinski definition) is 0. The standard InChI is InChI=1S/C18H21NO2S/c1-21-16-4-2-3-13-10-17(22-18(13)16)15(20)9-14-11-19-7-5-12(14)6-8-19/h2-4,10,12,14H,5-9,11H2,1H3/t14-/m0/s1. The van der Waals surface area contributed by atoms with Gasteiger partial charge in [0.15, 0.2) is 5.78 Å². The summed E-state index contributed by atoms with van der Waals surface area (Å²) in [5.41, 5.74) is 0. The highest BCUT2D eigenvalue weighted by Crippen LogP contribution is 2.37. The Morgan fingerprint density at radius 2 is 2.18 bits per heavy atom. The van der Waals surface area contributed by atoms with Crippen molar-refractivity contribution in [2.45, 2.75) is 19.3 Å². The van der Waals surface area contributed by atoms with Gasteiger partial charge in [-0.25, -0.2) is 0 Å². The summed E-state index contributed by atoms with van der Waals surface area (Å²) in [4.78, 5) is 16.1. The molecule has 5 rings (SSSR count). The number of carbonyl (C=O) groups excluding carboxylic acids is 1. The van der Waals surface area contributed by atoms with Crippen LogP contribution in [0, 0.1) is 11.8 Å². The second-order valence-electron chi connectivity index (χ2n) is 6.51. The van der Waals surface area contributed by atoms with E-state index in [0.717, 1.165) is 33.2 Å². The Morgan fingerprint density at radius 3 is 2.86 bits per heavy atom. The number of hydrogen-bond acceptors (Lipinski definition) is 4. The third-order valence-electron chi connectivity index (χ3n) is 5.24. The van der Waals surface area contributed by atoms with E-state index in [1.54, 1.807) is 18.4 Å². The van der Waals surface area contributed by atoms with Crippen molar-refractivity contribution in [3.05, 3.63) is 29.1 Å². The van der Waals surface area contributed by atoms with E-state index in [2.05, 4.69) is 11.0 Å². The van der Waals surface area contributed by atoms with Gasteiger partial charge >= 0.3 is 0 Å². The molecule has 2 bridgehead atoms. The summed E-state index contributed by atoms with van der Waals surface area (Å²) in [6.45, 7) is 3.58. The molecule has 0 radical (unpaired) electrons. The van der Waals surface area contributed by atoms with Gasteiger partial charge in [0.05, 0.1) is 16.7 Å². The Morgan fingerprint density at radius 1 is 1.36 bits per heavy atom. The molecule has 1 atom stereocenters. The molecule has 3 nitrogen and oxygen atoms in total. The molecule has 2 aromatic rings. The van der Waals surface area contributed by atoms with Crippen molar-refractivity contribution < 1.29 is 9.53 Å². The number of fused-ring (bicyclic) bond motifs is 4. The van der Waals surface area contributed by atoms with E-state index in [9.17, 15) is 4.79 Å². The first-order valence-electron chi connectivity index (χ1n) is 8.06. The molecule has 3 fully saturated rings. The molecular weight excluding hydrogens is 294 g/mol. The van der Waals surface area contributed by atoms with Gasteiger partial charge in [0.25, 0.3) is 0 Å². The normalized spacial score (nSPS) is 27.2. The fraction of sp³-hybridized carbons (Fsp3) is 0.500. The van der Waals surface area contributed by atoms with Gasteiger partial charge in [-0.1, -0.05) is 12.1 Å². The number of nitrogens with zero attached hydrogens (tertiary/aromatic N) is 1. The molecule has 0 N–H and O–H groups in total. The van der Waals surface area contributed by atoms with E-state index in [1.807, 2.05) is 18.2 Å². The topological polar surface area (TPSA) is 29.5 Å². The molecular formula is C18H21NO2S. The smallest absolute Gasteiger partial charge is 0.173 e. The predicted octanol–water partition coefficient (Wildman–Crippen LogP) is 3.82. The minimum absolute atomic E-state index is 0.307. The van der Waals surface area contributed by atoms with Crippen LogP contribution in [0.4, 0.5) is 0 Å². The highest BCUT2D eigenvalue weighted by Gasteiger charge is 2.35. The summed E-state index contributed by atoms with van der Waals surface area (Å²) in [6, 6.07) is 8.03. The molecule has 3 saturated heterocycles. The van der Waals surface area contributed by atoms with Gasteiger partial charge in [-0.3, -0.25) is 4.79 Å². The maximum absolute atomic E-state index is 12.7. The molecule has 4 heterocycles. The molecule has 116 valence electrons. The molecule has 0 amide bonds. The van der Waals surface area contributed by atoms with Crippen molar-refractivity contribution in [2.75, 3.05) is 26.7 Å². The van der Waals surface area contributed by atoms with Crippen molar-refractivity contribution >= 4 is 27.2 Å². The predicted molar refractivity (Wildman–Crippen MR) is 90.0 cm³/mol. The lowest BCUT2D eigenvalue weighted by Crippen LogP contribution is -2.47. The van der Waals surface area contributed by atoms with E-state index in [-0.39, 0.29) is 0 Å². The summed E-state index contributed by atoms with van der Waals surface area (Å²) in [5.74, 6) is 2.49. The highest BCUT2D eigenvalue weighted by molar-refractivity contribution is 7.21. The number of benzene rings is 1. The second-order valence-corrected chi connectivity index (χ2v) is 7.57. The van der Waals surface area contributed by atoms with Crippen molar-refractivity contribution in [3.63, 3.8) is 0 Å². The number of ketones is 1. The molecule has 1 aromatic heterocycles. The molecule has 0 saturated carbocycles. The number of piperidine rings is 3. The number of methoxy groups -OCH3 is 1. The van der Waals surface area contributed by atoms with Crippen LogP contribution in [0.15, 0.2) is 24.3 Å². The molecule has 0 aliphatic carbocycles. The number of carbonyl (C=O) groups is 1. The lowest BCUT2D eigenvalue weighted by Gasteiger charge is -2.44. The van der Waals surface area contributed by atoms with Crippen molar-refractivity contribution in [3.8, 4) is 5.75 Å². The Balaban J connectivity index is 1.55. The quantitative estimate of drug-likeness (QED) is 0.803. The van der Waals surface area contributed by atoms with E-state index in [0.29, 0.717) is 18.1 Å². The van der Waals surface area contributed by atoms with Gasteiger partial charge in [-0.2, -0.15) is 0 Å². The summed E-state index contributed by atoms with van der Waals surface area (Å²) in [6.07, 6.45) is 3.26. The third-order valence-corrected chi connectivity index (χ3v) is 6.45. The van der Waals surface area contributed by atoms with Gasteiger partial charge in [0.2, 0.25) is 0 Å². The zero-order valence-corrected chi connectivity index (χ0v) is 13.7. The van der Waals surface area contributed by atoms with E-state index >= 15 is 0 Å². The molecule has 3 aliphatic rings. The van der Waals surface area contributed by atoms with Gasteiger partial charge in [0.1, 0.15) is 5.75 Å². The van der Waals surface area contributed by atoms with E-state index in [1.165, 1.54) is 25.9 Å². The molecule has 3 aliphatic heterocycles. The molecule has 4 heteroatoms. The van der Waals surface area contributed by atoms with Gasteiger partial charge in [-0.05, 0) is 55.3 Å². The average Bonchev–Trinajstić information content (AvgIpc) is 3.00. The largest absolute Gasteiger partial charge is 0.495 e. The molecule has 0 spiro atoms. The number of ether oxygens (including phenoxy) is 1. The first-order chi connectivity index (χ1) is 10.7. The summed E-state index contributed by atoms with van der Waals surface area (Å²) >= 11 is 1.58. The zero-order chi connectivity index (χ0) is 15.1. The highest BCUT2D eigenvalue weighted by atomic mass is 32.1. The second kappa shape index (κ2) is 5.67. The number of Topliss-reactive ketones (excluding diaryl/α,β-unsaturated/α-hetero) is 1. The minimum atomic E-state index is 0.307. The minimum Gasteiger partial charge on any atom is -0.495 e. The summed E-state index contributed by atoms with van der Waals surface area (Å²) in [7, 11) is 1.68. The van der Waals surface area contributed by atoms with Crippen LogP contribution in [0.25, 0.3) is 10.1 Å². The number of thiophene rings is 1. The van der Waals surface area contributed by atoms with Crippen molar-refractivity contribution in [2.24, 2.45) is 11.8 Å². The SMILES string of the molecule is COc1cccc2cc(C(=O)C[C@H]3CN4CCC3CC4)sc12. The van der Waals surface area contributed by atoms with Crippen LogP contribution >= 0.6 is 11.3 Å². The Kier molecular flexibility index (Phi) is 3.66. The molecule has 22 heavy (non-hydrogen) atoms. The van der Waals surface area contributed by atoms with Crippen molar-refractivity contribution in [1.29, 1.82) is 0 Å². The third kappa shape index (κ3) is 2.44. The lowest BCUT2D eigenvalue weighted by molar-refractivity contribution is 0.0442. The van der Waals surface area contributed by atoms with Crippen LogP contribution in [0.5, 0.6) is 5.75 Å². The fourth-order valence-corrected chi connectivity index (χ4v) is 5.09. The first-order valence-corrected chi connectivity index (χ1v) is 8.88. The Bertz CT molecular complexity index is 700.